The van der Waals surface area contributed by atoms with Crippen molar-refractivity contribution in [3.63, 3.8) is 0 Å². The second-order valence-corrected chi connectivity index (χ2v) is 10.4. The van der Waals surface area contributed by atoms with Gasteiger partial charge in [-0.3, -0.25) is 4.79 Å². The lowest BCUT2D eigenvalue weighted by Gasteiger charge is -2.28. The molecule has 0 bridgehead atoms. The molecular weight excluding hydrogens is 454 g/mol. The van der Waals surface area contributed by atoms with Gasteiger partial charge in [0.1, 0.15) is 24.2 Å². The molecule has 0 aliphatic rings. The van der Waals surface area contributed by atoms with Crippen LogP contribution < -0.4 is 20.5 Å². The Balaban J connectivity index is 1.31. The molecule has 0 aliphatic carbocycles. The molecule has 4 rings (SSSR count). The third-order valence-corrected chi connectivity index (χ3v) is 6.28. The van der Waals surface area contributed by atoms with Crippen molar-refractivity contribution in [1.82, 2.24) is 10.3 Å². The molecule has 1 atom stereocenters. The lowest BCUT2D eigenvalue weighted by atomic mass is 9.94. The number of hydrogen-bond acceptors (Lipinski definition) is 5. The average Bonchev–Trinajstić information content (AvgIpc) is 3.21. The molecule has 3 aromatic carbocycles. The number of ether oxygens (including phenoxy) is 2. The first-order valence-corrected chi connectivity index (χ1v) is 12.2. The van der Waals surface area contributed by atoms with Gasteiger partial charge in [-0.25, -0.2) is 0 Å². The van der Waals surface area contributed by atoms with Gasteiger partial charge in [0.05, 0.1) is 5.52 Å². The molecule has 5 N–H and O–H groups in total. The van der Waals surface area contributed by atoms with Crippen molar-refractivity contribution < 1.29 is 19.4 Å². The summed E-state index contributed by atoms with van der Waals surface area (Å²) >= 11 is 0. The molecule has 0 saturated heterocycles. The van der Waals surface area contributed by atoms with Crippen LogP contribution in [0.15, 0.2) is 66.7 Å². The molecular formula is C29H35N3O4. The molecule has 0 radical (unpaired) electrons. The number of fused-ring (bicyclic) bond motifs is 3. The summed E-state index contributed by atoms with van der Waals surface area (Å²) in [5.41, 5.74) is 7.23. The van der Waals surface area contributed by atoms with E-state index in [-0.39, 0.29) is 12.1 Å². The standard InChI is InChI=1S/C29H35N3O4/c1-28(2,16-19-12-14-21(15-13-19)36-29(3,4)27(30)34)31-17-20(33)18-35-25-11-7-10-24-26(25)22-8-5-6-9-23(22)32-24/h5-15,20,31-33H,16-18H2,1-4H3,(H2,30,34)/t20-/m0/s1. The molecule has 0 fully saturated rings. The monoisotopic (exact) mass is 489 g/mol. The van der Waals surface area contributed by atoms with E-state index in [1.807, 2.05) is 60.7 Å². The fourth-order valence-corrected chi connectivity index (χ4v) is 4.22. The zero-order chi connectivity index (χ0) is 25.9. The number of primary amides is 1. The SMILES string of the molecule is CC(C)(Cc1ccc(OC(C)(C)C(N)=O)cc1)NC[C@H](O)COc1cccc2[nH]c3ccccc3c12. The Morgan fingerprint density at radius 1 is 1.00 bits per heavy atom. The Kier molecular flexibility index (Phi) is 7.24. The molecule has 0 spiro atoms. The van der Waals surface area contributed by atoms with Crippen LogP contribution in [-0.2, 0) is 11.2 Å². The summed E-state index contributed by atoms with van der Waals surface area (Å²) in [7, 11) is 0. The minimum absolute atomic E-state index is 0.184. The molecule has 1 amide bonds. The average molecular weight is 490 g/mol. The quantitative estimate of drug-likeness (QED) is 0.251. The van der Waals surface area contributed by atoms with E-state index in [1.165, 1.54) is 0 Å². The summed E-state index contributed by atoms with van der Waals surface area (Å²) in [4.78, 5) is 14.9. The topological polar surface area (TPSA) is 110 Å². The van der Waals surface area contributed by atoms with E-state index >= 15 is 0 Å². The molecule has 0 unspecified atom stereocenters. The maximum atomic E-state index is 11.5. The van der Waals surface area contributed by atoms with Crippen LogP contribution in [0.4, 0.5) is 0 Å². The third kappa shape index (κ3) is 5.98. The van der Waals surface area contributed by atoms with Crippen LogP contribution in [0.1, 0.15) is 33.3 Å². The number of rotatable bonds is 11. The number of nitrogens with one attached hydrogen (secondary N) is 2. The minimum Gasteiger partial charge on any atom is -0.490 e. The highest BCUT2D eigenvalue weighted by atomic mass is 16.5. The molecule has 1 aromatic heterocycles. The first-order chi connectivity index (χ1) is 17.0. The zero-order valence-electron chi connectivity index (χ0n) is 21.3. The normalized spacial score (nSPS) is 13.1. The number of carbonyl (C=O) groups is 1. The summed E-state index contributed by atoms with van der Waals surface area (Å²) in [6.45, 7) is 8.05. The molecule has 0 saturated carbocycles. The van der Waals surface area contributed by atoms with Gasteiger partial charge in [-0.2, -0.15) is 0 Å². The van der Waals surface area contributed by atoms with E-state index in [1.54, 1.807) is 13.8 Å². The number of aromatic amines is 1. The second kappa shape index (κ2) is 10.2. The van der Waals surface area contributed by atoms with Crippen molar-refractivity contribution >= 4 is 27.7 Å². The molecule has 4 aromatic rings. The first-order valence-electron chi connectivity index (χ1n) is 12.2. The van der Waals surface area contributed by atoms with Crippen molar-refractivity contribution in [2.75, 3.05) is 13.2 Å². The number of nitrogens with two attached hydrogens (primary N) is 1. The molecule has 7 nitrogen and oxygen atoms in total. The van der Waals surface area contributed by atoms with Crippen molar-refractivity contribution in [1.29, 1.82) is 0 Å². The number of aliphatic hydroxyl groups excluding tert-OH is 1. The van der Waals surface area contributed by atoms with Gasteiger partial charge in [0, 0.05) is 28.4 Å². The van der Waals surface area contributed by atoms with Crippen LogP contribution in [0.5, 0.6) is 11.5 Å². The lowest BCUT2D eigenvalue weighted by molar-refractivity contribution is -0.130. The van der Waals surface area contributed by atoms with Gasteiger partial charge in [0.15, 0.2) is 5.60 Å². The number of aliphatic hydroxyl groups is 1. The highest BCUT2D eigenvalue weighted by Crippen LogP contribution is 2.33. The number of para-hydroxylation sites is 1. The molecule has 0 aliphatic heterocycles. The van der Waals surface area contributed by atoms with E-state index in [0.29, 0.717) is 12.3 Å². The van der Waals surface area contributed by atoms with E-state index in [9.17, 15) is 9.90 Å². The van der Waals surface area contributed by atoms with Gasteiger partial charge in [0.25, 0.3) is 5.91 Å². The maximum absolute atomic E-state index is 11.5. The summed E-state index contributed by atoms with van der Waals surface area (Å²) in [5, 5.41) is 16.2. The molecule has 1 heterocycles. The van der Waals surface area contributed by atoms with Crippen molar-refractivity contribution in [2.24, 2.45) is 5.73 Å². The smallest absolute Gasteiger partial charge is 0.261 e. The highest BCUT2D eigenvalue weighted by molar-refractivity contribution is 6.10. The van der Waals surface area contributed by atoms with Crippen LogP contribution in [0.25, 0.3) is 21.8 Å². The van der Waals surface area contributed by atoms with Crippen molar-refractivity contribution in [3.8, 4) is 11.5 Å². The van der Waals surface area contributed by atoms with Crippen LogP contribution >= 0.6 is 0 Å². The second-order valence-electron chi connectivity index (χ2n) is 10.4. The van der Waals surface area contributed by atoms with E-state index in [2.05, 4.69) is 30.2 Å². The van der Waals surface area contributed by atoms with E-state index in [4.69, 9.17) is 15.2 Å². The number of aromatic nitrogens is 1. The van der Waals surface area contributed by atoms with Gasteiger partial charge in [-0.1, -0.05) is 36.4 Å². The number of hydrogen-bond donors (Lipinski definition) is 4. The number of amides is 1. The Morgan fingerprint density at radius 3 is 2.42 bits per heavy atom. The first kappa shape index (κ1) is 25.5. The third-order valence-electron chi connectivity index (χ3n) is 6.28. The Labute approximate surface area is 211 Å². The van der Waals surface area contributed by atoms with Crippen LogP contribution in [0.2, 0.25) is 0 Å². The molecule has 7 heteroatoms. The highest BCUT2D eigenvalue weighted by Gasteiger charge is 2.27. The zero-order valence-corrected chi connectivity index (χ0v) is 21.3. The van der Waals surface area contributed by atoms with Crippen LogP contribution in [-0.4, -0.2) is 46.4 Å². The summed E-state index contributed by atoms with van der Waals surface area (Å²) < 4.78 is 11.7. The summed E-state index contributed by atoms with van der Waals surface area (Å²) in [6.07, 6.45) is 0.0749. The van der Waals surface area contributed by atoms with Gasteiger partial charge >= 0.3 is 0 Å². The summed E-state index contributed by atoms with van der Waals surface area (Å²) in [6, 6.07) is 21.7. The van der Waals surface area contributed by atoms with Gasteiger partial charge in [-0.05, 0) is 70.0 Å². The fraction of sp³-hybridized carbons (Fsp3) is 0.345. The minimum atomic E-state index is -1.07. The van der Waals surface area contributed by atoms with Gasteiger partial charge in [-0.15, -0.1) is 0 Å². The summed E-state index contributed by atoms with van der Waals surface area (Å²) in [5.74, 6) is 0.828. The Bertz CT molecular complexity index is 1340. The largest absolute Gasteiger partial charge is 0.490 e. The molecule has 190 valence electrons. The van der Waals surface area contributed by atoms with Crippen molar-refractivity contribution in [3.05, 3.63) is 72.3 Å². The lowest BCUT2D eigenvalue weighted by Crippen LogP contribution is -2.46. The van der Waals surface area contributed by atoms with E-state index in [0.717, 1.165) is 39.5 Å². The Morgan fingerprint density at radius 2 is 1.69 bits per heavy atom. The Hall–Kier alpha value is -3.55. The fourth-order valence-electron chi connectivity index (χ4n) is 4.22. The number of β-amino-alcohol motifs (C(OH)–C–C–N with tert-alkyl or cyclic N) is 1. The predicted octanol–water partition coefficient (Wildman–Crippen LogP) is 4.31. The maximum Gasteiger partial charge on any atom is 0.261 e. The van der Waals surface area contributed by atoms with Crippen LogP contribution in [0.3, 0.4) is 0 Å². The number of carbonyl (C=O) groups excluding carboxylic acids is 1. The van der Waals surface area contributed by atoms with Gasteiger partial charge in [0.2, 0.25) is 0 Å². The predicted molar refractivity (Wildman–Crippen MR) is 143 cm³/mol. The molecule has 36 heavy (non-hydrogen) atoms. The van der Waals surface area contributed by atoms with E-state index < -0.39 is 17.6 Å². The number of benzene rings is 3. The van der Waals surface area contributed by atoms with Gasteiger partial charge < -0.3 is 30.6 Å². The van der Waals surface area contributed by atoms with Crippen molar-refractivity contribution in [2.45, 2.75) is 51.4 Å². The number of H-pyrrole nitrogens is 1. The van der Waals surface area contributed by atoms with Crippen LogP contribution in [0, 0.1) is 0 Å².